The normalized spacial score (nSPS) is 21.4. The SMILES string of the molecule is Cc1cc(C(=O)C[NH+]2CC[NH+](Cc3ccc4c(c3)OCO4)CC2)c(C)n1C. The number of ether oxygens (including phenoxy) is 2. The Morgan fingerprint density at radius 1 is 1.04 bits per heavy atom. The molecule has 0 aliphatic carbocycles. The van der Waals surface area contributed by atoms with Crippen LogP contribution in [0.15, 0.2) is 24.3 Å². The lowest BCUT2D eigenvalue weighted by molar-refractivity contribution is -1.01. The third-order valence-electron chi connectivity index (χ3n) is 6.04. The van der Waals surface area contributed by atoms with Crippen LogP contribution in [0.3, 0.4) is 0 Å². The molecule has 3 heterocycles. The van der Waals surface area contributed by atoms with Gasteiger partial charge >= 0.3 is 0 Å². The average Bonchev–Trinajstić information content (AvgIpc) is 3.23. The van der Waals surface area contributed by atoms with Crippen LogP contribution < -0.4 is 19.3 Å². The summed E-state index contributed by atoms with van der Waals surface area (Å²) in [5.41, 5.74) is 4.38. The Hall–Kier alpha value is -2.31. The molecule has 4 rings (SSSR count). The summed E-state index contributed by atoms with van der Waals surface area (Å²) >= 11 is 0. The number of rotatable bonds is 5. The first-order valence-electron chi connectivity index (χ1n) is 9.73. The quantitative estimate of drug-likeness (QED) is 0.700. The summed E-state index contributed by atoms with van der Waals surface area (Å²) in [6, 6.07) is 8.25. The molecule has 144 valence electrons. The summed E-state index contributed by atoms with van der Waals surface area (Å²) in [5.74, 6) is 1.97. The van der Waals surface area contributed by atoms with Crippen LogP contribution in [0.1, 0.15) is 27.3 Å². The fourth-order valence-electron chi connectivity index (χ4n) is 4.11. The van der Waals surface area contributed by atoms with Gasteiger partial charge in [-0.15, -0.1) is 0 Å². The topological polar surface area (TPSA) is 49.3 Å². The number of Topliss-reactive ketones (excluding diaryl/α,β-unsaturated/α-hetero) is 1. The summed E-state index contributed by atoms with van der Waals surface area (Å²) in [6.07, 6.45) is 0. The molecule has 6 heteroatoms. The van der Waals surface area contributed by atoms with E-state index < -0.39 is 0 Å². The van der Waals surface area contributed by atoms with Gasteiger partial charge in [-0.25, -0.2) is 0 Å². The molecule has 0 amide bonds. The van der Waals surface area contributed by atoms with Gasteiger partial charge in [0.25, 0.3) is 0 Å². The van der Waals surface area contributed by atoms with E-state index in [0.717, 1.165) is 61.2 Å². The number of benzene rings is 1. The number of ketones is 1. The van der Waals surface area contributed by atoms with Crippen molar-refractivity contribution in [1.82, 2.24) is 4.57 Å². The molecule has 2 aromatic rings. The average molecular weight is 371 g/mol. The van der Waals surface area contributed by atoms with Crippen LogP contribution in [-0.4, -0.2) is 49.9 Å². The van der Waals surface area contributed by atoms with Crippen LogP contribution in [0.5, 0.6) is 11.5 Å². The van der Waals surface area contributed by atoms with Gasteiger partial charge in [0.1, 0.15) is 39.3 Å². The predicted molar refractivity (Wildman–Crippen MR) is 102 cm³/mol. The second kappa shape index (κ2) is 7.37. The molecule has 0 atom stereocenters. The van der Waals surface area contributed by atoms with Gasteiger partial charge < -0.3 is 23.8 Å². The highest BCUT2D eigenvalue weighted by Crippen LogP contribution is 2.32. The zero-order chi connectivity index (χ0) is 19.0. The molecule has 0 radical (unpaired) electrons. The summed E-state index contributed by atoms with van der Waals surface area (Å²) in [6.45, 7) is 10.2. The Kier molecular flexibility index (Phi) is 4.93. The fourth-order valence-corrected chi connectivity index (χ4v) is 4.11. The summed E-state index contributed by atoms with van der Waals surface area (Å²) in [5, 5.41) is 0. The smallest absolute Gasteiger partial charge is 0.231 e. The van der Waals surface area contributed by atoms with Crippen molar-refractivity contribution in [1.29, 1.82) is 0 Å². The van der Waals surface area contributed by atoms with Gasteiger partial charge in [-0.05, 0) is 38.1 Å². The number of carbonyl (C=O) groups is 1. The molecule has 6 nitrogen and oxygen atoms in total. The molecular formula is C21H29N3O3+2. The molecule has 1 aromatic carbocycles. The molecule has 27 heavy (non-hydrogen) atoms. The number of fused-ring (bicyclic) bond motifs is 1. The third kappa shape index (κ3) is 3.73. The number of aryl methyl sites for hydroxylation is 1. The maximum absolute atomic E-state index is 12.7. The second-order valence-corrected chi connectivity index (χ2v) is 7.81. The zero-order valence-electron chi connectivity index (χ0n) is 16.4. The van der Waals surface area contributed by atoms with Gasteiger partial charge in [-0.3, -0.25) is 4.79 Å². The summed E-state index contributed by atoms with van der Waals surface area (Å²) in [7, 11) is 2.02. The van der Waals surface area contributed by atoms with Crippen molar-refractivity contribution in [2.45, 2.75) is 20.4 Å². The van der Waals surface area contributed by atoms with E-state index in [4.69, 9.17) is 9.47 Å². The van der Waals surface area contributed by atoms with E-state index in [9.17, 15) is 4.79 Å². The highest BCUT2D eigenvalue weighted by molar-refractivity contribution is 5.98. The van der Waals surface area contributed by atoms with E-state index in [-0.39, 0.29) is 5.78 Å². The minimum absolute atomic E-state index is 0.269. The third-order valence-corrected chi connectivity index (χ3v) is 6.04. The first-order chi connectivity index (χ1) is 13.0. The maximum atomic E-state index is 12.7. The molecule has 1 fully saturated rings. The zero-order valence-corrected chi connectivity index (χ0v) is 16.4. The van der Waals surface area contributed by atoms with Crippen molar-refractivity contribution in [2.24, 2.45) is 7.05 Å². The standard InChI is InChI=1S/C21H27N3O3/c1-15-10-18(16(2)22(15)3)19(25)13-24-8-6-23(7-9-24)12-17-4-5-20-21(11-17)27-14-26-20/h4-5,10-11H,6-9,12-14H2,1-3H3/p+2. The predicted octanol–water partition coefficient (Wildman–Crippen LogP) is -0.463. The minimum Gasteiger partial charge on any atom is -0.454 e. The van der Waals surface area contributed by atoms with Crippen molar-refractivity contribution < 1.29 is 24.1 Å². The largest absolute Gasteiger partial charge is 0.454 e. The van der Waals surface area contributed by atoms with Crippen molar-refractivity contribution >= 4 is 5.78 Å². The lowest BCUT2D eigenvalue weighted by Crippen LogP contribution is -3.27. The van der Waals surface area contributed by atoms with Crippen LogP contribution in [-0.2, 0) is 13.6 Å². The van der Waals surface area contributed by atoms with Crippen LogP contribution in [0.4, 0.5) is 0 Å². The summed E-state index contributed by atoms with van der Waals surface area (Å²) in [4.78, 5) is 15.7. The van der Waals surface area contributed by atoms with Crippen molar-refractivity contribution in [3.63, 3.8) is 0 Å². The Morgan fingerprint density at radius 3 is 2.44 bits per heavy atom. The van der Waals surface area contributed by atoms with E-state index >= 15 is 0 Å². The molecule has 0 bridgehead atoms. The van der Waals surface area contributed by atoms with Crippen molar-refractivity contribution in [3.05, 3.63) is 46.8 Å². The molecule has 0 unspecified atom stereocenters. The Labute approximate surface area is 160 Å². The molecule has 2 N–H and O–H groups in total. The van der Waals surface area contributed by atoms with Gasteiger partial charge in [-0.2, -0.15) is 0 Å². The molecule has 1 aromatic heterocycles. The van der Waals surface area contributed by atoms with Crippen LogP contribution >= 0.6 is 0 Å². The molecule has 0 saturated carbocycles. The molecule has 0 spiro atoms. The van der Waals surface area contributed by atoms with Crippen LogP contribution in [0, 0.1) is 13.8 Å². The van der Waals surface area contributed by atoms with Crippen LogP contribution in [0.2, 0.25) is 0 Å². The van der Waals surface area contributed by atoms with Crippen molar-refractivity contribution in [2.75, 3.05) is 39.5 Å². The highest BCUT2D eigenvalue weighted by Gasteiger charge is 2.27. The van der Waals surface area contributed by atoms with Gasteiger partial charge in [0.05, 0.1) is 0 Å². The van der Waals surface area contributed by atoms with Crippen molar-refractivity contribution in [3.8, 4) is 11.5 Å². The number of nitrogens with one attached hydrogen (secondary N) is 2. The molecule has 1 saturated heterocycles. The van der Waals surface area contributed by atoms with Gasteiger partial charge in [0, 0.05) is 29.6 Å². The maximum Gasteiger partial charge on any atom is 0.231 e. The lowest BCUT2D eigenvalue weighted by Gasteiger charge is -2.29. The number of hydrogen-bond acceptors (Lipinski definition) is 3. The number of piperazine rings is 1. The minimum atomic E-state index is 0.269. The van der Waals surface area contributed by atoms with E-state index in [1.165, 1.54) is 10.5 Å². The summed E-state index contributed by atoms with van der Waals surface area (Å²) < 4.78 is 13.0. The lowest BCUT2D eigenvalue weighted by atomic mass is 10.1. The molecule has 2 aliphatic rings. The highest BCUT2D eigenvalue weighted by atomic mass is 16.7. The van der Waals surface area contributed by atoms with E-state index in [1.807, 2.05) is 26.1 Å². The van der Waals surface area contributed by atoms with Gasteiger partial charge in [-0.1, -0.05) is 0 Å². The second-order valence-electron chi connectivity index (χ2n) is 7.81. The fraction of sp³-hybridized carbons (Fsp3) is 0.476. The van der Waals surface area contributed by atoms with Crippen LogP contribution in [0.25, 0.3) is 0 Å². The number of hydrogen-bond donors (Lipinski definition) is 2. The number of aromatic nitrogens is 1. The first-order valence-corrected chi connectivity index (χ1v) is 9.73. The van der Waals surface area contributed by atoms with Gasteiger partial charge in [0.2, 0.25) is 12.6 Å². The van der Waals surface area contributed by atoms with Gasteiger partial charge in [0.15, 0.2) is 11.5 Å². The van der Waals surface area contributed by atoms with E-state index in [0.29, 0.717) is 13.3 Å². The van der Waals surface area contributed by atoms with E-state index in [1.54, 1.807) is 4.90 Å². The first kappa shape index (κ1) is 18.1. The number of nitrogens with zero attached hydrogens (tertiary/aromatic N) is 1. The molecular weight excluding hydrogens is 342 g/mol. The Balaban J connectivity index is 1.30. The number of carbonyl (C=O) groups excluding carboxylic acids is 1. The Morgan fingerprint density at radius 2 is 1.74 bits per heavy atom. The van der Waals surface area contributed by atoms with E-state index in [2.05, 4.69) is 23.6 Å². The molecule has 2 aliphatic heterocycles. The number of quaternary nitrogens is 2. The monoisotopic (exact) mass is 371 g/mol. The Bertz CT molecular complexity index is 851.